The van der Waals surface area contributed by atoms with Crippen LogP contribution in [0.1, 0.15) is 32.8 Å². The highest BCUT2D eigenvalue weighted by Crippen LogP contribution is 2.30. The molecule has 0 saturated heterocycles. The topological polar surface area (TPSA) is 81.5 Å². The summed E-state index contributed by atoms with van der Waals surface area (Å²) in [7, 11) is 0. The number of hydrogen-bond donors (Lipinski definition) is 3. The number of benzene rings is 1. The van der Waals surface area contributed by atoms with Gasteiger partial charge in [0.25, 0.3) is 0 Å². The Hall–Kier alpha value is -0.620. The Morgan fingerprint density at radius 3 is 2.39 bits per heavy atom. The molecular weight excluding hydrogens is 296 g/mol. The highest BCUT2D eigenvalue weighted by Gasteiger charge is 2.29. The first-order chi connectivity index (χ1) is 8.13. The SMILES string of the molecule is CC(C)(O)CC(C)(N)Oc1ccc(CN)cc1Br. The molecule has 0 amide bonds. The molecule has 0 fully saturated rings. The monoisotopic (exact) mass is 316 g/mol. The fourth-order valence-electron chi connectivity index (χ4n) is 1.90. The Bertz CT molecular complexity index is 414. The summed E-state index contributed by atoms with van der Waals surface area (Å²) < 4.78 is 6.54. The molecule has 1 rings (SSSR count). The number of aliphatic hydroxyl groups is 1. The molecule has 5 heteroatoms. The van der Waals surface area contributed by atoms with Crippen LogP contribution >= 0.6 is 15.9 Å². The average Bonchev–Trinajstić information content (AvgIpc) is 2.17. The van der Waals surface area contributed by atoms with Gasteiger partial charge in [0, 0.05) is 13.0 Å². The zero-order valence-electron chi connectivity index (χ0n) is 11.0. The van der Waals surface area contributed by atoms with Gasteiger partial charge < -0.3 is 15.6 Å². The van der Waals surface area contributed by atoms with Crippen molar-refractivity contribution in [1.29, 1.82) is 0 Å². The lowest BCUT2D eigenvalue weighted by molar-refractivity contribution is -0.0173. The summed E-state index contributed by atoms with van der Waals surface area (Å²) in [5.74, 6) is 0.640. The Morgan fingerprint density at radius 2 is 1.94 bits per heavy atom. The van der Waals surface area contributed by atoms with E-state index in [0.29, 0.717) is 18.7 Å². The van der Waals surface area contributed by atoms with Crippen molar-refractivity contribution in [2.45, 2.75) is 45.1 Å². The van der Waals surface area contributed by atoms with Crippen LogP contribution in [-0.4, -0.2) is 16.4 Å². The van der Waals surface area contributed by atoms with Crippen LogP contribution in [0.3, 0.4) is 0 Å². The molecule has 0 saturated carbocycles. The molecule has 1 aromatic carbocycles. The highest BCUT2D eigenvalue weighted by atomic mass is 79.9. The van der Waals surface area contributed by atoms with Gasteiger partial charge in [-0.3, -0.25) is 5.73 Å². The highest BCUT2D eigenvalue weighted by molar-refractivity contribution is 9.10. The lowest BCUT2D eigenvalue weighted by Crippen LogP contribution is -2.48. The normalized spacial score (nSPS) is 15.3. The maximum absolute atomic E-state index is 9.79. The summed E-state index contributed by atoms with van der Waals surface area (Å²) in [5.41, 5.74) is 10.8. The molecule has 18 heavy (non-hydrogen) atoms. The van der Waals surface area contributed by atoms with Crippen molar-refractivity contribution in [2.75, 3.05) is 0 Å². The number of rotatable bonds is 5. The fraction of sp³-hybridized carbons (Fsp3) is 0.538. The molecule has 0 bridgehead atoms. The molecule has 0 heterocycles. The van der Waals surface area contributed by atoms with Gasteiger partial charge in [-0.2, -0.15) is 0 Å². The van der Waals surface area contributed by atoms with Crippen molar-refractivity contribution in [3.8, 4) is 5.75 Å². The van der Waals surface area contributed by atoms with Gasteiger partial charge in [-0.1, -0.05) is 6.07 Å². The zero-order chi connectivity index (χ0) is 14.0. The van der Waals surface area contributed by atoms with Crippen LogP contribution in [0, 0.1) is 0 Å². The first-order valence-electron chi connectivity index (χ1n) is 5.82. The third kappa shape index (κ3) is 4.94. The molecule has 0 aliphatic rings. The second kappa shape index (κ2) is 5.57. The van der Waals surface area contributed by atoms with Crippen LogP contribution < -0.4 is 16.2 Å². The van der Waals surface area contributed by atoms with Crippen molar-refractivity contribution >= 4 is 15.9 Å². The summed E-state index contributed by atoms with van der Waals surface area (Å²) in [4.78, 5) is 0. The third-order valence-corrected chi connectivity index (χ3v) is 2.98. The van der Waals surface area contributed by atoms with E-state index in [1.807, 2.05) is 18.2 Å². The minimum atomic E-state index is -0.939. The van der Waals surface area contributed by atoms with Gasteiger partial charge in [0.1, 0.15) is 5.75 Å². The third-order valence-electron chi connectivity index (χ3n) is 2.36. The standard InChI is InChI=1S/C13H21BrN2O2/c1-12(2,17)8-13(3,16)18-11-5-4-9(7-15)6-10(11)14/h4-6,17H,7-8,15-16H2,1-3H3. The van der Waals surface area contributed by atoms with E-state index < -0.39 is 11.3 Å². The van der Waals surface area contributed by atoms with Crippen LogP contribution in [0.25, 0.3) is 0 Å². The van der Waals surface area contributed by atoms with E-state index in [9.17, 15) is 5.11 Å². The molecule has 0 aliphatic carbocycles. The average molecular weight is 317 g/mol. The maximum Gasteiger partial charge on any atom is 0.158 e. The minimum absolute atomic E-state index is 0.324. The van der Waals surface area contributed by atoms with Crippen molar-refractivity contribution in [3.63, 3.8) is 0 Å². The second-order valence-corrected chi connectivity index (χ2v) is 6.23. The Balaban J connectivity index is 2.84. The Labute approximate surface area is 116 Å². The van der Waals surface area contributed by atoms with Crippen molar-refractivity contribution in [1.82, 2.24) is 0 Å². The molecular formula is C13H21BrN2O2. The van der Waals surface area contributed by atoms with Crippen LogP contribution in [0.15, 0.2) is 22.7 Å². The Morgan fingerprint density at radius 1 is 1.33 bits per heavy atom. The van der Waals surface area contributed by atoms with Crippen LogP contribution in [-0.2, 0) is 6.54 Å². The summed E-state index contributed by atoms with van der Waals surface area (Å²) in [6.45, 7) is 5.62. The molecule has 102 valence electrons. The van der Waals surface area contributed by atoms with Crippen LogP contribution in [0.2, 0.25) is 0 Å². The van der Waals surface area contributed by atoms with Crippen molar-refractivity contribution in [2.24, 2.45) is 11.5 Å². The lowest BCUT2D eigenvalue weighted by Gasteiger charge is -2.32. The molecule has 5 N–H and O–H groups in total. The summed E-state index contributed by atoms with van der Waals surface area (Å²) >= 11 is 3.42. The van der Waals surface area contributed by atoms with Gasteiger partial charge in [-0.15, -0.1) is 0 Å². The smallest absolute Gasteiger partial charge is 0.158 e. The van der Waals surface area contributed by atoms with Gasteiger partial charge in [0.05, 0.1) is 10.1 Å². The maximum atomic E-state index is 9.79. The van der Waals surface area contributed by atoms with E-state index in [4.69, 9.17) is 16.2 Å². The first-order valence-corrected chi connectivity index (χ1v) is 6.61. The van der Waals surface area contributed by atoms with Gasteiger partial charge in [0.15, 0.2) is 5.72 Å². The molecule has 0 aromatic heterocycles. The fourth-order valence-corrected chi connectivity index (χ4v) is 2.41. The molecule has 1 atom stereocenters. The predicted molar refractivity (Wildman–Crippen MR) is 76.2 cm³/mol. The van der Waals surface area contributed by atoms with Gasteiger partial charge in [-0.25, -0.2) is 0 Å². The summed E-state index contributed by atoms with van der Waals surface area (Å²) in [6.07, 6.45) is 0.324. The number of ether oxygens (including phenoxy) is 1. The van der Waals surface area contributed by atoms with E-state index in [2.05, 4.69) is 15.9 Å². The van der Waals surface area contributed by atoms with Gasteiger partial charge >= 0.3 is 0 Å². The molecule has 0 aliphatic heterocycles. The van der Waals surface area contributed by atoms with Gasteiger partial charge in [0.2, 0.25) is 0 Å². The number of nitrogens with two attached hydrogens (primary N) is 2. The van der Waals surface area contributed by atoms with E-state index in [1.54, 1.807) is 20.8 Å². The predicted octanol–water partition coefficient (Wildman–Crippen LogP) is 2.12. The number of hydrogen-bond acceptors (Lipinski definition) is 4. The summed E-state index contributed by atoms with van der Waals surface area (Å²) in [5, 5.41) is 9.79. The van der Waals surface area contributed by atoms with Crippen molar-refractivity contribution in [3.05, 3.63) is 28.2 Å². The largest absolute Gasteiger partial charge is 0.472 e. The summed E-state index contributed by atoms with van der Waals surface area (Å²) in [6, 6.07) is 5.61. The van der Waals surface area contributed by atoms with Gasteiger partial charge in [-0.05, 0) is 54.4 Å². The lowest BCUT2D eigenvalue weighted by atomic mass is 9.98. The molecule has 0 radical (unpaired) electrons. The molecule has 4 nitrogen and oxygen atoms in total. The molecule has 1 unspecified atom stereocenters. The van der Waals surface area contributed by atoms with E-state index in [1.165, 1.54) is 0 Å². The van der Waals surface area contributed by atoms with E-state index in [-0.39, 0.29) is 0 Å². The van der Waals surface area contributed by atoms with Crippen LogP contribution in [0.5, 0.6) is 5.75 Å². The number of halogens is 1. The quantitative estimate of drug-likeness (QED) is 0.727. The molecule has 1 aromatic rings. The zero-order valence-corrected chi connectivity index (χ0v) is 12.6. The van der Waals surface area contributed by atoms with E-state index >= 15 is 0 Å². The van der Waals surface area contributed by atoms with Crippen LogP contribution in [0.4, 0.5) is 0 Å². The van der Waals surface area contributed by atoms with E-state index in [0.717, 1.165) is 10.0 Å². The van der Waals surface area contributed by atoms with Crippen molar-refractivity contribution < 1.29 is 9.84 Å². The second-order valence-electron chi connectivity index (χ2n) is 5.37. The Kier molecular flexibility index (Phi) is 4.78. The first kappa shape index (κ1) is 15.4. The minimum Gasteiger partial charge on any atom is -0.472 e. The molecule has 0 spiro atoms.